The summed E-state index contributed by atoms with van der Waals surface area (Å²) in [7, 11) is -10.1. The lowest BCUT2D eigenvalue weighted by atomic mass is 10.2. The second kappa shape index (κ2) is 78.0. The first-order valence-corrected chi connectivity index (χ1v) is 42.3. The molecule has 0 saturated carbocycles. The third-order valence-corrected chi connectivity index (χ3v) is 16.7. The second-order valence-electron chi connectivity index (χ2n) is 24.8. The second-order valence-corrected chi connectivity index (χ2v) is 27.7. The average Bonchev–Trinajstić information content (AvgIpc) is 0.880. The van der Waals surface area contributed by atoms with Crippen molar-refractivity contribution >= 4 is 39.5 Å². The SMILES string of the molecule is CC/C=C\C/C=C\C/C=C\C/C=C\C/C=C\CCCC(=O)OCC(COP(=O)(O)OCC(O)COP(=O)(O)OCC(COC(=O)CCC/C=C\C/C=C\C/C=C\C/C=C\C/C=C\CC)OC(=O)CCC/C=C\C/C=C\C/C=C\C/C=C\C/C=C\CC)OC(=O)CCC/C=C\C/C=C\C/C=C\C/C=C\C/C=C\CC. The van der Waals surface area contributed by atoms with E-state index in [1.54, 1.807) is 0 Å². The van der Waals surface area contributed by atoms with Gasteiger partial charge in [-0.05, 0) is 180 Å². The van der Waals surface area contributed by atoms with Gasteiger partial charge in [-0.25, -0.2) is 9.13 Å². The monoisotopic (exact) mass is 1540 g/mol. The first-order chi connectivity index (χ1) is 52.7. The zero-order valence-corrected chi connectivity index (χ0v) is 67.4. The predicted octanol–water partition coefficient (Wildman–Crippen LogP) is 23.2. The highest BCUT2D eigenvalue weighted by molar-refractivity contribution is 7.47. The highest BCUT2D eigenvalue weighted by atomic mass is 31.2. The van der Waals surface area contributed by atoms with Gasteiger partial charge in [0.25, 0.3) is 0 Å². The van der Waals surface area contributed by atoms with Gasteiger partial charge in [0.05, 0.1) is 26.4 Å². The highest BCUT2D eigenvalue weighted by Gasteiger charge is 2.30. The fourth-order valence-electron chi connectivity index (χ4n) is 9.01. The molecule has 0 spiro atoms. The zero-order chi connectivity index (χ0) is 78.9. The summed E-state index contributed by atoms with van der Waals surface area (Å²) in [5.41, 5.74) is 0. The van der Waals surface area contributed by atoms with E-state index in [0.717, 1.165) is 128 Å². The minimum absolute atomic E-state index is 0.0103. The molecule has 3 N–H and O–H groups in total. The number of esters is 4. The Morgan fingerprint density at radius 3 is 0.639 bits per heavy atom. The fourth-order valence-corrected chi connectivity index (χ4v) is 10.6. The smallest absolute Gasteiger partial charge is 0.462 e. The van der Waals surface area contributed by atoms with Crippen LogP contribution in [0.5, 0.6) is 0 Å². The molecular formula is C89H134O17P2. The van der Waals surface area contributed by atoms with E-state index in [1.807, 2.05) is 48.6 Å². The van der Waals surface area contributed by atoms with Gasteiger partial charge < -0.3 is 33.8 Å². The van der Waals surface area contributed by atoms with Crippen LogP contribution in [0.15, 0.2) is 243 Å². The van der Waals surface area contributed by atoms with Crippen LogP contribution < -0.4 is 0 Å². The van der Waals surface area contributed by atoms with Crippen molar-refractivity contribution in [2.45, 2.75) is 251 Å². The number of hydrogen-bond donors (Lipinski definition) is 3. The summed E-state index contributed by atoms with van der Waals surface area (Å²) in [5.74, 6) is -2.49. The number of unbranched alkanes of at least 4 members (excludes halogenated alkanes) is 4. The summed E-state index contributed by atoms with van der Waals surface area (Å²) >= 11 is 0. The molecule has 602 valence electrons. The summed E-state index contributed by atoms with van der Waals surface area (Å²) in [6.45, 7) is 4.09. The molecule has 108 heavy (non-hydrogen) atoms. The summed E-state index contributed by atoms with van der Waals surface area (Å²) in [6.07, 6.45) is 102. The summed E-state index contributed by atoms with van der Waals surface area (Å²) in [5, 5.41) is 10.6. The Morgan fingerprint density at radius 2 is 0.435 bits per heavy atom. The van der Waals surface area contributed by atoms with Crippen LogP contribution in [0.1, 0.15) is 233 Å². The lowest BCUT2D eigenvalue weighted by Crippen LogP contribution is -2.30. The minimum Gasteiger partial charge on any atom is -0.462 e. The van der Waals surface area contributed by atoms with Crippen molar-refractivity contribution in [1.29, 1.82) is 0 Å². The van der Waals surface area contributed by atoms with E-state index >= 15 is 0 Å². The number of phosphoric ester groups is 2. The highest BCUT2D eigenvalue weighted by Crippen LogP contribution is 2.45. The van der Waals surface area contributed by atoms with Crippen molar-refractivity contribution in [3.8, 4) is 0 Å². The molecule has 0 aliphatic rings. The van der Waals surface area contributed by atoms with Crippen molar-refractivity contribution < 1.29 is 80.2 Å². The minimum atomic E-state index is -5.03. The van der Waals surface area contributed by atoms with Crippen LogP contribution in [-0.4, -0.2) is 96.7 Å². The molecule has 0 rings (SSSR count). The van der Waals surface area contributed by atoms with Gasteiger partial charge in [0.1, 0.15) is 19.3 Å². The van der Waals surface area contributed by atoms with Gasteiger partial charge in [-0.15, -0.1) is 0 Å². The van der Waals surface area contributed by atoms with Crippen LogP contribution in [0.25, 0.3) is 0 Å². The lowest BCUT2D eigenvalue weighted by Gasteiger charge is -2.21. The quantitative estimate of drug-likeness (QED) is 0.0169. The van der Waals surface area contributed by atoms with Gasteiger partial charge in [-0.3, -0.25) is 37.3 Å². The Kier molecular flexibility index (Phi) is 72.8. The van der Waals surface area contributed by atoms with Crippen LogP contribution >= 0.6 is 15.6 Å². The van der Waals surface area contributed by atoms with Gasteiger partial charge in [-0.2, -0.15) is 0 Å². The average molecular weight is 1540 g/mol. The number of allylic oxidation sites excluding steroid dienone is 40. The molecule has 0 bridgehead atoms. The standard InChI is InChI=1S/C89H134O17P2/c1-5-9-13-17-21-25-29-33-37-41-45-49-53-57-61-65-69-73-86(91)99-79-84(105-88(93)75-71-67-63-59-55-51-47-43-39-35-31-27-23-19-15-11-7-3)81-103-107(95,96)101-77-83(90)78-102-108(97,98)104-82-85(106-89(94)76-72-68-64-60-56-52-48-44-40-36-32-28-24-20-16-12-8-4)80-100-87(92)74-70-66-62-58-54-50-46-42-38-34-30-26-22-18-14-10-6-2/h9-16,21-28,33-40,45-52,57-64,83-85,90H,5-8,17-20,29-32,41-44,53-56,65-82H2,1-4H3,(H,95,96)(H,97,98)/b13-9-,14-10-,15-11-,16-12-,25-21-,26-22-,27-23-,28-24-,37-33-,38-34-,39-35-,40-36-,49-45-,50-46-,51-47-,52-48-,61-57-,62-58-,63-59-,64-60-. The van der Waals surface area contributed by atoms with E-state index in [-0.39, 0.29) is 25.7 Å². The van der Waals surface area contributed by atoms with E-state index in [4.69, 9.17) is 37.0 Å². The Bertz CT molecular complexity index is 2820. The third-order valence-electron chi connectivity index (χ3n) is 14.8. The summed E-state index contributed by atoms with van der Waals surface area (Å²) in [6, 6.07) is 0. The number of phosphoric acid groups is 2. The molecule has 0 radical (unpaired) electrons. The van der Waals surface area contributed by atoms with Crippen LogP contribution in [0.2, 0.25) is 0 Å². The maximum atomic E-state index is 13.1. The molecule has 4 atom stereocenters. The number of aliphatic hydroxyl groups excluding tert-OH is 1. The van der Waals surface area contributed by atoms with E-state index in [2.05, 4.69) is 222 Å². The maximum absolute atomic E-state index is 13.1. The first kappa shape index (κ1) is 101. The molecule has 0 aliphatic heterocycles. The van der Waals surface area contributed by atoms with E-state index in [9.17, 15) is 43.2 Å². The van der Waals surface area contributed by atoms with Crippen LogP contribution in [0.4, 0.5) is 0 Å². The molecule has 0 aromatic heterocycles. The van der Waals surface area contributed by atoms with E-state index in [1.165, 1.54) is 0 Å². The van der Waals surface area contributed by atoms with Gasteiger partial charge >= 0.3 is 39.5 Å². The van der Waals surface area contributed by atoms with Gasteiger partial charge in [0.15, 0.2) is 12.2 Å². The molecule has 17 nitrogen and oxygen atoms in total. The number of ether oxygens (including phenoxy) is 4. The number of hydrogen-bond acceptors (Lipinski definition) is 15. The fraction of sp³-hybridized carbons (Fsp3) is 0.506. The number of aliphatic hydroxyl groups is 1. The molecule has 0 amide bonds. The topological polar surface area (TPSA) is 237 Å². The van der Waals surface area contributed by atoms with Crippen molar-refractivity contribution in [2.75, 3.05) is 39.6 Å². The normalized spacial score (nSPS) is 15.1. The predicted molar refractivity (Wildman–Crippen MR) is 444 cm³/mol. The molecule has 0 aromatic carbocycles. The largest absolute Gasteiger partial charge is 0.472 e. The van der Waals surface area contributed by atoms with Gasteiger partial charge in [-0.1, -0.05) is 271 Å². The molecule has 0 fully saturated rings. The molecule has 0 aromatic rings. The van der Waals surface area contributed by atoms with Crippen molar-refractivity contribution in [1.82, 2.24) is 0 Å². The Morgan fingerprint density at radius 1 is 0.259 bits per heavy atom. The van der Waals surface area contributed by atoms with Crippen molar-refractivity contribution in [2.24, 2.45) is 0 Å². The zero-order valence-electron chi connectivity index (χ0n) is 65.6. The number of rotatable bonds is 70. The van der Waals surface area contributed by atoms with Gasteiger partial charge in [0.2, 0.25) is 0 Å². The molecule has 4 unspecified atom stereocenters. The van der Waals surface area contributed by atoms with Crippen molar-refractivity contribution in [3.63, 3.8) is 0 Å². The lowest BCUT2D eigenvalue weighted by molar-refractivity contribution is -0.161. The Hall–Kier alpha value is -7.14. The Labute approximate surface area is 650 Å². The molecule has 0 heterocycles. The third kappa shape index (κ3) is 77.0. The van der Waals surface area contributed by atoms with Gasteiger partial charge in [0, 0.05) is 25.7 Å². The van der Waals surface area contributed by atoms with Crippen molar-refractivity contribution in [3.05, 3.63) is 243 Å². The Balaban J connectivity index is 5.62. The van der Waals surface area contributed by atoms with Crippen LogP contribution in [-0.2, 0) is 65.4 Å². The maximum Gasteiger partial charge on any atom is 0.472 e. The number of carbonyl (C=O) groups excluding carboxylic acids is 4. The number of carbonyl (C=O) groups is 4. The summed E-state index contributed by atoms with van der Waals surface area (Å²) < 4.78 is 68.3. The molecule has 0 saturated heterocycles. The molecule has 19 heteroatoms. The van der Waals surface area contributed by atoms with E-state index in [0.29, 0.717) is 51.4 Å². The van der Waals surface area contributed by atoms with Crippen LogP contribution in [0.3, 0.4) is 0 Å². The molecular weight excluding hydrogens is 1400 g/mol. The van der Waals surface area contributed by atoms with Crippen LogP contribution in [0, 0.1) is 0 Å². The summed E-state index contributed by atoms with van der Waals surface area (Å²) in [4.78, 5) is 73.0. The molecule has 0 aliphatic carbocycles. The first-order valence-electron chi connectivity index (χ1n) is 39.3. The van der Waals surface area contributed by atoms with E-state index < -0.39 is 97.5 Å².